The van der Waals surface area contributed by atoms with Crippen molar-refractivity contribution in [2.45, 2.75) is 50.6 Å². The average molecular weight is 520 g/mol. The van der Waals surface area contributed by atoms with Crippen molar-refractivity contribution in [3.05, 3.63) is 53.1 Å². The lowest BCUT2D eigenvalue weighted by molar-refractivity contribution is -0.122. The summed E-state index contributed by atoms with van der Waals surface area (Å²) in [5.74, 6) is 2.54. The summed E-state index contributed by atoms with van der Waals surface area (Å²) in [5, 5.41) is 3.18. The van der Waals surface area contributed by atoms with Crippen molar-refractivity contribution < 1.29 is 23.8 Å². The van der Waals surface area contributed by atoms with E-state index in [1.165, 1.54) is 12.0 Å². The van der Waals surface area contributed by atoms with Crippen LogP contribution in [-0.2, 0) is 11.2 Å². The molecule has 1 N–H and O–H groups in total. The third-order valence-electron chi connectivity index (χ3n) is 8.58. The van der Waals surface area contributed by atoms with Gasteiger partial charge in [-0.15, -0.1) is 0 Å². The molecule has 2 amide bonds. The number of carbonyl (C=O) groups excluding carboxylic acids is 2. The first kappa shape index (κ1) is 25.0. The maximum atomic E-state index is 13.5. The number of fused-ring (bicyclic) bond motifs is 9. The number of carbonyl (C=O) groups is 2. The Kier molecular flexibility index (Phi) is 7.15. The molecule has 2 fully saturated rings. The molecular weight excluding hydrogens is 482 g/mol. The van der Waals surface area contributed by atoms with E-state index in [4.69, 9.17) is 14.2 Å². The van der Waals surface area contributed by atoms with Crippen LogP contribution in [0.3, 0.4) is 0 Å². The van der Waals surface area contributed by atoms with Gasteiger partial charge in [0.2, 0.25) is 5.91 Å². The largest absolute Gasteiger partial charge is 0.493 e. The fourth-order valence-electron chi connectivity index (χ4n) is 6.66. The van der Waals surface area contributed by atoms with Crippen molar-refractivity contribution in [2.24, 2.45) is 5.92 Å². The number of nitrogens with one attached hydrogen (secondary N) is 1. The summed E-state index contributed by atoms with van der Waals surface area (Å²) >= 11 is 0. The molecule has 0 spiro atoms. The number of hydrogen-bond donors (Lipinski definition) is 1. The van der Waals surface area contributed by atoms with Crippen molar-refractivity contribution in [3.63, 3.8) is 0 Å². The number of rotatable bonds is 2. The Morgan fingerprint density at radius 1 is 1.03 bits per heavy atom. The average Bonchev–Trinajstić information content (AvgIpc) is 3.67. The highest BCUT2D eigenvalue weighted by molar-refractivity contribution is 5.97. The fourth-order valence-corrected chi connectivity index (χ4v) is 6.66. The van der Waals surface area contributed by atoms with Crippen molar-refractivity contribution >= 4 is 11.8 Å². The molecule has 38 heavy (non-hydrogen) atoms. The van der Waals surface area contributed by atoms with Crippen LogP contribution in [0.25, 0.3) is 0 Å². The first-order chi connectivity index (χ1) is 18.6. The summed E-state index contributed by atoms with van der Waals surface area (Å²) in [6.07, 6.45) is 5.63. The number of ether oxygens (including phenoxy) is 3. The van der Waals surface area contributed by atoms with E-state index in [-0.39, 0.29) is 18.4 Å². The predicted molar refractivity (Wildman–Crippen MR) is 143 cm³/mol. The van der Waals surface area contributed by atoms with Crippen LogP contribution in [0.2, 0.25) is 0 Å². The van der Waals surface area contributed by atoms with E-state index in [1.54, 1.807) is 18.1 Å². The molecular formula is C30H37N3O5. The topological polar surface area (TPSA) is 80.3 Å². The lowest BCUT2D eigenvalue weighted by atomic mass is 9.94. The van der Waals surface area contributed by atoms with Gasteiger partial charge in [0, 0.05) is 37.2 Å². The van der Waals surface area contributed by atoms with E-state index in [0.717, 1.165) is 61.5 Å². The molecule has 2 aromatic rings. The summed E-state index contributed by atoms with van der Waals surface area (Å²) in [7, 11) is 1.67. The van der Waals surface area contributed by atoms with Crippen molar-refractivity contribution in [3.8, 4) is 17.2 Å². The quantitative estimate of drug-likeness (QED) is 0.653. The zero-order valence-corrected chi connectivity index (χ0v) is 22.1. The highest BCUT2D eigenvalue weighted by Gasteiger charge is 2.44. The monoisotopic (exact) mass is 519 g/mol. The van der Waals surface area contributed by atoms with Gasteiger partial charge < -0.3 is 24.4 Å². The molecule has 0 unspecified atom stereocenters. The molecule has 4 aliphatic heterocycles. The van der Waals surface area contributed by atoms with E-state index in [9.17, 15) is 9.59 Å². The summed E-state index contributed by atoms with van der Waals surface area (Å²) in [6.45, 7) is 3.42. The first-order valence-electron chi connectivity index (χ1n) is 14.0. The van der Waals surface area contributed by atoms with Crippen LogP contribution < -0.4 is 19.5 Å². The van der Waals surface area contributed by atoms with Crippen LogP contribution >= 0.6 is 0 Å². The molecule has 4 heterocycles. The van der Waals surface area contributed by atoms with Gasteiger partial charge in [0.1, 0.15) is 5.75 Å². The molecule has 4 bridgehead atoms. The Balaban J connectivity index is 1.23. The van der Waals surface area contributed by atoms with E-state index < -0.39 is 0 Å². The minimum atomic E-state index is -0.117. The van der Waals surface area contributed by atoms with Gasteiger partial charge in [-0.1, -0.05) is 6.07 Å². The predicted octanol–water partition coefficient (Wildman–Crippen LogP) is 3.59. The van der Waals surface area contributed by atoms with Gasteiger partial charge in [0.25, 0.3) is 5.91 Å². The van der Waals surface area contributed by atoms with Crippen molar-refractivity contribution in [2.75, 3.05) is 46.5 Å². The summed E-state index contributed by atoms with van der Waals surface area (Å²) in [4.78, 5) is 30.9. The highest BCUT2D eigenvalue weighted by atomic mass is 16.5. The second-order valence-corrected chi connectivity index (χ2v) is 10.9. The van der Waals surface area contributed by atoms with Crippen molar-refractivity contribution in [1.82, 2.24) is 15.1 Å². The second kappa shape index (κ2) is 10.8. The van der Waals surface area contributed by atoms with Gasteiger partial charge in [-0.05, 0) is 86.0 Å². The second-order valence-electron chi connectivity index (χ2n) is 10.9. The molecule has 8 heteroatoms. The molecule has 0 aliphatic carbocycles. The van der Waals surface area contributed by atoms with E-state index >= 15 is 0 Å². The minimum Gasteiger partial charge on any atom is -0.493 e. The first-order valence-corrected chi connectivity index (χ1v) is 14.0. The number of amides is 2. The van der Waals surface area contributed by atoms with Crippen molar-refractivity contribution in [1.29, 1.82) is 0 Å². The molecule has 0 aromatic heterocycles. The third kappa shape index (κ3) is 4.94. The zero-order chi connectivity index (χ0) is 26.1. The Labute approximate surface area is 224 Å². The fraction of sp³-hybridized carbons (Fsp3) is 0.533. The molecule has 3 atom stereocenters. The highest BCUT2D eigenvalue weighted by Crippen LogP contribution is 2.46. The van der Waals surface area contributed by atoms with Gasteiger partial charge in [0.05, 0.1) is 26.9 Å². The summed E-state index contributed by atoms with van der Waals surface area (Å²) in [6, 6.07) is 12.7. The number of benzene rings is 2. The maximum Gasteiger partial charge on any atom is 0.254 e. The lowest BCUT2D eigenvalue weighted by Gasteiger charge is -2.25. The van der Waals surface area contributed by atoms with Crippen LogP contribution in [0, 0.1) is 5.92 Å². The molecule has 6 rings (SSSR count). The Hall–Kier alpha value is -3.26. The van der Waals surface area contributed by atoms with Gasteiger partial charge >= 0.3 is 0 Å². The van der Waals surface area contributed by atoms with Gasteiger partial charge in [0.15, 0.2) is 11.5 Å². The summed E-state index contributed by atoms with van der Waals surface area (Å²) in [5.41, 5.74) is 2.91. The number of methoxy groups -OCH3 is 1. The van der Waals surface area contributed by atoms with Crippen LogP contribution in [0.15, 0.2) is 36.4 Å². The van der Waals surface area contributed by atoms with Gasteiger partial charge in [-0.2, -0.15) is 0 Å². The molecule has 2 aromatic carbocycles. The maximum absolute atomic E-state index is 13.5. The molecule has 202 valence electrons. The Morgan fingerprint density at radius 2 is 1.92 bits per heavy atom. The third-order valence-corrected chi connectivity index (χ3v) is 8.58. The smallest absolute Gasteiger partial charge is 0.254 e. The van der Waals surface area contributed by atoms with Gasteiger partial charge in [-0.25, -0.2) is 0 Å². The van der Waals surface area contributed by atoms with Gasteiger partial charge in [-0.3, -0.25) is 14.5 Å². The van der Waals surface area contributed by atoms with E-state index in [0.29, 0.717) is 49.9 Å². The van der Waals surface area contributed by atoms with E-state index in [2.05, 4.69) is 22.3 Å². The number of nitrogens with zero attached hydrogens (tertiary/aromatic N) is 2. The molecule has 8 nitrogen and oxygen atoms in total. The molecule has 4 aliphatic rings. The molecule has 2 saturated heterocycles. The SMILES string of the molecule is COc1ccc2cc1OCCCCN(C(=O)c1ccc3c(c1)CCO3)CC(=O)NC[C@H]1C[C@H]2N2CCC[C@@H]12. The summed E-state index contributed by atoms with van der Waals surface area (Å²) < 4.78 is 17.4. The van der Waals surface area contributed by atoms with E-state index in [1.807, 2.05) is 18.2 Å². The zero-order valence-electron chi connectivity index (χ0n) is 22.1. The van der Waals surface area contributed by atoms with Crippen LogP contribution in [-0.4, -0.2) is 74.2 Å². The minimum absolute atomic E-state index is 0.0602. The number of hydrogen-bond acceptors (Lipinski definition) is 6. The Morgan fingerprint density at radius 3 is 2.82 bits per heavy atom. The van der Waals surface area contributed by atoms with Crippen LogP contribution in [0.5, 0.6) is 17.2 Å². The normalized spacial score (nSPS) is 25.7. The lowest BCUT2D eigenvalue weighted by Crippen LogP contribution is -2.43. The standard InChI is InChI=1S/C30H37N3O5/c1-36-27-9-6-20-17-28(27)37-13-3-2-11-32(30(35)22-7-8-26-21(15-22)10-14-38-26)19-29(34)31-18-23-16-25(20)33-12-4-5-24(23)33/h6-9,15,17,23-25H,2-5,10-14,16,18-19H2,1H3,(H,31,34)/t23-,24+,25-/m1/s1. The molecule has 0 saturated carbocycles. The van der Waals surface area contributed by atoms with Crippen LogP contribution in [0.1, 0.15) is 59.6 Å². The van der Waals surface area contributed by atoms with Crippen LogP contribution in [0.4, 0.5) is 0 Å². The Bertz CT molecular complexity index is 1200. The molecule has 0 radical (unpaired) electrons.